The third-order valence-corrected chi connectivity index (χ3v) is 4.70. The number of ether oxygens (including phenoxy) is 2. The van der Waals surface area contributed by atoms with Gasteiger partial charge in [0.25, 0.3) is 0 Å². The zero-order valence-corrected chi connectivity index (χ0v) is 14.4. The topological polar surface area (TPSA) is 62.3 Å². The SMILES string of the molecule is COc1cc(-c2cc(N)n(C)n2)c(Br)cc1OC1CCCC1. The molecule has 0 bridgehead atoms. The molecule has 2 N–H and O–H groups in total. The number of aryl methyl sites for hydroxylation is 1. The van der Waals surface area contributed by atoms with E-state index in [2.05, 4.69) is 21.0 Å². The molecular weight excluding hydrogens is 346 g/mol. The number of methoxy groups -OCH3 is 1. The van der Waals surface area contributed by atoms with Gasteiger partial charge in [0.15, 0.2) is 11.5 Å². The Labute approximate surface area is 138 Å². The monoisotopic (exact) mass is 365 g/mol. The molecule has 0 spiro atoms. The number of hydrogen-bond donors (Lipinski definition) is 1. The van der Waals surface area contributed by atoms with Gasteiger partial charge in [0.1, 0.15) is 5.82 Å². The van der Waals surface area contributed by atoms with Gasteiger partial charge in [-0.25, -0.2) is 0 Å². The zero-order chi connectivity index (χ0) is 15.7. The molecule has 5 nitrogen and oxygen atoms in total. The van der Waals surface area contributed by atoms with Gasteiger partial charge in [-0.2, -0.15) is 5.10 Å². The van der Waals surface area contributed by atoms with Crippen LogP contribution in [0.2, 0.25) is 0 Å². The van der Waals surface area contributed by atoms with Gasteiger partial charge in [-0.3, -0.25) is 4.68 Å². The van der Waals surface area contributed by atoms with E-state index in [9.17, 15) is 0 Å². The number of nitrogen functional groups attached to an aromatic ring is 1. The standard InChI is InChI=1S/C16H20BrN3O2/c1-20-16(18)9-13(19-20)11-7-14(21-2)15(8-12(11)17)22-10-5-3-4-6-10/h7-10H,3-6,18H2,1-2H3. The van der Waals surface area contributed by atoms with Crippen molar-refractivity contribution in [2.24, 2.45) is 7.05 Å². The van der Waals surface area contributed by atoms with Crippen molar-refractivity contribution in [1.29, 1.82) is 0 Å². The van der Waals surface area contributed by atoms with E-state index in [4.69, 9.17) is 15.2 Å². The molecule has 1 aliphatic rings. The minimum Gasteiger partial charge on any atom is -0.493 e. The van der Waals surface area contributed by atoms with Crippen LogP contribution in [-0.4, -0.2) is 23.0 Å². The van der Waals surface area contributed by atoms with Gasteiger partial charge in [0.05, 0.1) is 18.9 Å². The number of benzene rings is 1. The van der Waals surface area contributed by atoms with Crippen LogP contribution in [-0.2, 0) is 7.05 Å². The summed E-state index contributed by atoms with van der Waals surface area (Å²) in [6, 6.07) is 5.74. The summed E-state index contributed by atoms with van der Waals surface area (Å²) in [5.74, 6) is 2.11. The largest absolute Gasteiger partial charge is 0.493 e. The van der Waals surface area contributed by atoms with Crippen LogP contribution in [0.3, 0.4) is 0 Å². The fourth-order valence-electron chi connectivity index (χ4n) is 2.78. The van der Waals surface area contributed by atoms with Crippen LogP contribution < -0.4 is 15.2 Å². The highest BCUT2D eigenvalue weighted by molar-refractivity contribution is 9.10. The lowest BCUT2D eigenvalue weighted by Gasteiger charge is -2.17. The van der Waals surface area contributed by atoms with Crippen molar-refractivity contribution in [2.45, 2.75) is 31.8 Å². The van der Waals surface area contributed by atoms with E-state index in [0.29, 0.717) is 11.6 Å². The van der Waals surface area contributed by atoms with Crippen LogP contribution >= 0.6 is 15.9 Å². The number of anilines is 1. The van der Waals surface area contributed by atoms with Gasteiger partial charge in [-0.15, -0.1) is 0 Å². The molecular formula is C16H20BrN3O2. The second kappa shape index (κ2) is 6.20. The van der Waals surface area contributed by atoms with Gasteiger partial charge < -0.3 is 15.2 Å². The van der Waals surface area contributed by atoms with Crippen LogP contribution in [0.15, 0.2) is 22.7 Å². The Morgan fingerprint density at radius 3 is 2.55 bits per heavy atom. The van der Waals surface area contributed by atoms with Crippen LogP contribution in [0.5, 0.6) is 11.5 Å². The van der Waals surface area contributed by atoms with Gasteiger partial charge in [0.2, 0.25) is 0 Å². The fraction of sp³-hybridized carbons (Fsp3) is 0.438. The van der Waals surface area contributed by atoms with Crippen molar-refractivity contribution in [3.8, 4) is 22.8 Å². The maximum atomic E-state index is 6.09. The molecule has 1 aromatic heterocycles. The molecule has 118 valence electrons. The minimum atomic E-state index is 0.289. The summed E-state index contributed by atoms with van der Waals surface area (Å²) in [6.45, 7) is 0. The van der Waals surface area contributed by atoms with Crippen molar-refractivity contribution >= 4 is 21.7 Å². The molecule has 0 amide bonds. The summed E-state index contributed by atoms with van der Waals surface area (Å²) in [6.07, 6.45) is 4.98. The average Bonchev–Trinajstić information content (AvgIpc) is 3.10. The van der Waals surface area contributed by atoms with E-state index in [0.717, 1.165) is 34.3 Å². The smallest absolute Gasteiger partial charge is 0.162 e. The first-order chi connectivity index (χ1) is 10.6. The Hall–Kier alpha value is -1.69. The van der Waals surface area contributed by atoms with Crippen LogP contribution in [0.4, 0.5) is 5.82 Å². The van der Waals surface area contributed by atoms with E-state index in [1.807, 2.05) is 25.2 Å². The fourth-order valence-corrected chi connectivity index (χ4v) is 3.31. The Bertz CT molecular complexity index is 659. The normalized spacial score (nSPS) is 15.2. The second-order valence-electron chi connectivity index (χ2n) is 5.59. The summed E-state index contributed by atoms with van der Waals surface area (Å²) in [4.78, 5) is 0. The molecule has 0 saturated heterocycles. The highest BCUT2D eigenvalue weighted by Gasteiger charge is 2.20. The average molecular weight is 366 g/mol. The van der Waals surface area contributed by atoms with Crippen molar-refractivity contribution in [2.75, 3.05) is 12.8 Å². The Morgan fingerprint density at radius 2 is 1.95 bits per heavy atom. The van der Waals surface area contributed by atoms with Gasteiger partial charge in [-0.05, 0) is 53.7 Å². The predicted molar refractivity (Wildman–Crippen MR) is 90.2 cm³/mol. The van der Waals surface area contributed by atoms with E-state index in [-0.39, 0.29) is 6.10 Å². The lowest BCUT2D eigenvalue weighted by Crippen LogP contribution is -2.11. The maximum Gasteiger partial charge on any atom is 0.162 e. The number of hydrogen-bond acceptors (Lipinski definition) is 4. The molecule has 3 rings (SSSR count). The molecule has 1 fully saturated rings. The number of halogens is 1. The second-order valence-corrected chi connectivity index (χ2v) is 6.44. The number of rotatable bonds is 4. The first kappa shape index (κ1) is 15.2. The molecule has 0 atom stereocenters. The highest BCUT2D eigenvalue weighted by atomic mass is 79.9. The molecule has 2 aromatic rings. The molecule has 6 heteroatoms. The summed E-state index contributed by atoms with van der Waals surface area (Å²) in [5, 5.41) is 4.41. The molecule has 0 radical (unpaired) electrons. The van der Waals surface area contributed by atoms with E-state index >= 15 is 0 Å². The third-order valence-electron chi connectivity index (χ3n) is 4.04. The lowest BCUT2D eigenvalue weighted by atomic mass is 10.1. The first-order valence-electron chi connectivity index (χ1n) is 7.42. The third kappa shape index (κ3) is 2.92. The summed E-state index contributed by atoms with van der Waals surface area (Å²) >= 11 is 3.60. The Morgan fingerprint density at radius 1 is 1.23 bits per heavy atom. The predicted octanol–water partition coefficient (Wildman–Crippen LogP) is 3.76. The summed E-state index contributed by atoms with van der Waals surface area (Å²) in [5.41, 5.74) is 7.60. The van der Waals surface area contributed by atoms with Gasteiger partial charge >= 0.3 is 0 Å². The quantitative estimate of drug-likeness (QED) is 0.895. The molecule has 0 aliphatic heterocycles. The Kier molecular flexibility index (Phi) is 4.29. The minimum absolute atomic E-state index is 0.289. The van der Waals surface area contributed by atoms with Crippen molar-refractivity contribution in [3.05, 3.63) is 22.7 Å². The van der Waals surface area contributed by atoms with E-state index in [1.165, 1.54) is 12.8 Å². The van der Waals surface area contributed by atoms with Gasteiger partial charge in [0, 0.05) is 23.2 Å². The van der Waals surface area contributed by atoms with Crippen LogP contribution in [0.1, 0.15) is 25.7 Å². The van der Waals surface area contributed by atoms with Crippen molar-refractivity contribution in [3.63, 3.8) is 0 Å². The molecule has 1 heterocycles. The van der Waals surface area contributed by atoms with Crippen LogP contribution in [0.25, 0.3) is 11.3 Å². The van der Waals surface area contributed by atoms with Crippen LogP contribution in [0, 0.1) is 0 Å². The molecule has 1 aliphatic carbocycles. The summed E-state index contributed by atoms with van der Waals surface area (Å²) in [7, 11) is 3.48. The van der Waals surface area contributed by atoms with Gasteiger partial charge in [-0.1, -0.05) is 0 Å². The summed E-state index contributed by atoms with van der Waals surface area (Å²) < 4.78 is 14.2. The molecule has 1 aromatic carbocycles. The molecule has 22 heavy (non-hydrogen) atoms. The highest BCUT2D eigenvalue weighted by Crippen LogP contribution is 2.40. The van der Waals surface area contributed by atoms with E-state index in [1.54, 1.807) is 11.8 Å². The van der Waals surface area contributed by atoms with Crippen molar-refractivity contribution in [1.82, 2.24) is 9.78 Å². The number of nitrogens with two attached hydrogens (primary N) is 1. The molecule has 1 saturated carbocycles. The Balaban J connectivity index is 1.95. The maximum absolute atomic E-state index is 6.09. The zero-order valence-electron chi connectivity index (χ0n) is 12.8. The van der Waals surface area contributed by atoms with E-state index < -0.39 is 0 Å². The molecule has 0 unspecified atom stereocenters. The lowest BCUT2D eigenvalue weighted by molar-refractivity contribution is 0.200. The first-order valence-corrected chi connectivity index (χ1v) is 8.22. The number of nitrogens with zero attached hydrogens (tertiary/aromatic N) is 2. The number of aromatic nitrogens is 2. The van der Waals surface area contributed by atoms with Crippen molar-refractivity contribution < 1.29 is 9.47 Å².